The Kier molecular flexibility index (Phi) is 5.41. The zero-order valence-electron chi connectivity index (χ0n) is 15.5. The van der Waals surface area contributed by atoms with Gasteiger partial charge >= 0.3 is 0 Å². The molecule has 140 valence electrons. The Morgan fingerprint density at radius 1 is 1.11 bits per heavy atom. The lowest BCUT2D eigenvalue weighted by Gasteiger charge is -2.26. The Balaban J connectivity index is 1.48. The zero-order chi connectivity index (χ0) is 18.5. The van der Waals surface area contributed by atoms with Gasteiger partial charge in [0.1, 0.15) is 18.0 Å². The summed E-state index contributed by atoms with van der Waals surface area (Å²) in [6, 6.07) is 10.2. The fourth-order valence-corrected chi connectivity index (χ4v) is 3.18. The Bertz CT molecular complexity index is 910. The van der Waals surface area contributed by atoms with E-state index in [1.54, 1.807) is 12.5 Å². The molecule has 3 heterocycles. The number of rotatable bonds is 6. The van der Waals surface area contributed by atoms with Crippen molar-refractivity contribution < 1.29 is 4.74 Å². The molecule has 0 saturated carbocycles. The van der Waals surface area contributed by atoms with Crippen LogP contribution in [0.1, 0.15) is 5.56 Å². The molecule has 1 aliphatic rings. The van der Waals surface area contributed by atoms with E-state index in [0.717, 1.165) is 67.6 Å². The fraction of sp³-hybridized carbons (Fsp3) is 0.350. The predicted octanol–water partition coefficient (Wildman–Crippen LogP) is 2.82. The summed E-state index contributed by atoms with van der Waals surface area (Å²) in [6.07, 6.45) is 3.35. The first-order chi connectivity index (χ1) is 13.3. The quantitative estimate of drug-likeness (QED) is 0.696. The maximum atomic E-state index is 5.39. The van der Waals surface area contributed by atoms with Crippen LogP contribution >= 0.6 is 0 Å². The van der Waals surface area contributed by atoms with E-state index in [-0.39, 0.29) is 0 Å². The summed E-state index contributed by atoms with van der Waals surface area (Å²) in [5.41, 5.74) is 3.03. The molecule has 2 aromatic heterocycles. The minimum Gasteiger partial charge on any atom is -0.379 e. The molecule has 0 bridgehead atoms. The van der Waals surface area contributed by atoms with E-state index >= 15 is 0 Å². The number of pyridine rings is 1. The summed E-state index contributed by atoms with van der Waals surface area (Å²) in [5, 5.41) is 7.75. The number of morpholine rings is 1. The van der Waals surface area contributed by atoms with Gasteiger partial charge in [-0.1, -0.05) is 12.1 Å². The third-order valence-electron chi connectivity index (χ3n) is 4.64. The van der Waals surface area contributed by atoms with Crippen LogP contribution < -0.4 is 10.6 Å². The highest BCUT2D eigenvalue weighted by molar-refractivity contribution is 5.91. The van der Waals surface area contributed by atoms with E-state index in [4.69, 9.17) is 4.74 Å². The molecule has 0 radical (unpaired) electrons. The van der Waals surface area contributed by atoms with Crippen molar-refractivity contribution in [1.82, 2.24) is 19.9 Å². The monoisotopic (exact) mass is 364 g/mol. The molecule has 0 atom stereocenters. The molecule has 0 amide bonds. The van der Waals surface area contributed by atoms with E-state index in [2.05, 4.69) is 49.5 Å². The average Bonchev–Trinajstić information content (AvgIpc) is 2.69. The molecule has 1 fully saturated rings. The number of ether oxygens (including phenoxy) is 1. The van der Waals surface area contributed by atoms with Crippen molar-refractivity contribution in [2.75, 3.05) is 50.0 Å². The predicted molar refractivity (Wildman–Crippen MR) is 108 cm³/mol. The van der Waals surface area contributed by atoms with E-state index in [1.165, 1.54) is 5.56 Å². The Labute approximate surface area is 158 Å². The summed E-state index contributed by atoms with van der Waals surface area (Å²) in [4.78, 5) is 15.6. The van der Waals surface area contributed by atoms with Gasteiger partial charge in [-0.15, -0.1) is 0 Å². The first kappa shape index (κ1) is 17.6. The van der Waals surface area contributed by atoms with E-state index < -0.39 is 0 Å². The number of benzene rings is 1. The molecule has 2 N–H and O–H groups in total. The molecule has 0 unspecified atom stereocenters. The summed E-state index contributed by atoms with van der Waals surface area (Å²) in [7, 11) is 0. The maximum absolute atomic E-state index is 5.39. The van der Waals surface area contributed by atoms with Gasteiger partial charge in [0.15, 0.2) is 0 Å². The van der Waals surface area contributed by atoms with E-state index in [0.29, 0.717) is 0 Å². The standard InChI is InChI=1S/C20H24N6O/c1-15-3-2-4-16(11-15)25-20-17-12-19(22-13-18(17)23-14-24-20)21-5-6-26-7-9-27-10-8-26/h2-4,11-14H,5-10H2,1H3,(H,21,22)(H,23,24,25). The molecule has 1 aromatic carbocycles. The van der Waals surface area contributed by atoms with Gasteiger partial charge in [-0.25, -0.2) is 15.0 Å². The van der Waals surface area contributed by atoms with Gasteiger partial charge in [-0.05, 0) is 30.7 Å². The summed E-state index contributed by atoms with van der Waals surface area (Å²) in [6.45, 7) is 7.51. The van der Waals surface area contributed by atoms with E-state index in [9.17, 15) is 0 Å². The second-order valence-corrected chi connectivity index (χ2v) is 6.68. The number of fused-ring (bicyclic) bond motifs is 1. The van der Waals surface area contributed by atoms with Crippen molar-refractivity contribution in [2.45, 2.75) is 6.92 Å². The topological polar surface area (TPSA) is 75.2 Å². The highest BCUT2D eigenvalue weighted by Gasteiger charge is 2.10. The van der Waals surface area contributed by atoms with Crippen LogP contribution in [0.15, 0.2) is 42.9 Å². The number of aromatic nitrogens is 3. The second kappa shape index (κ2) is 8.28. The van der Waals surface area contributed by atoms with Gasteiger partial charge < -0.3 is 15.4 Å². The van der Waals surface area contributed by atoms with Crippen LogP contribution in [0.3, 0.4) is 0 Å². The van der Waals surface area contributed by atoms with Crippen LogP contribution in [-0.4, -0.2) is 59.2 Å². The van der Waals surface area contributed by atoms with Gasteiger partial charge in [0.2, 0.25) is 0 Å². The normalized spacial score (nSPS) is 15.0. The summed E-state index contributed by atoms with van der Waals surface area (Å²) >= 11 is 0. The molecule has 0 spiro atoms. The number of anilines is 3. The Hall–Kier alpha value is -2.77. The molecule has 7 heteroatoms. The van der Waals surface area contributed by atoms with Crippen LogP contribution in [0.5, 0.6) is 0 Å². The molecule has 3 aromatic rings. The molecule has 27 heavy (non-hydrogen) atoms. The summed E-state index contributed by atoms with van der Waals surface area (Å²) in [5.74, 6) is 1.61. The largest absolute Gasteiger partial charge is 0.379 e. The Morgan fingerprint density at radius 2 is 2.00 bits per heavy atom. The number of nitrogens with zero attached hydrogens (tertiary/aromatic N) is 4. The first-order valence-corrected chi connectivity index (χ1v) is 9.26. The molecule has 0 aliphatic carbocycles. The van der Waals surface area contributed by atoms with Crippen LogP contribution in [-0.2, 0) is 4.74 Å². The van der Waals surface area contributed by atoms with Crippen molar-refractivity contribution in [2.24, 2.45) is 0 Å². The maximum Gasteiger partial charge on any atom is 0.141 e. The fourth-order valence-electron chi connectivity index (χ4n) is 3.18. The SMILES string of the molecule is Cc1cccc(Nc2ncnc3cnc(NCCN4CCOCC4)cc23)c1. The minimum atomic E-state index is 0.782. The highest BCUT2D eigenvalue weighted by atomic mass is 16.5. The Morgan fingerprint density at radius 3 is 2.85 bits per heavy atom. The smallest absolute Gasteiger partial charge is 0.141 e. The van der Waals surface area contributed by atoms with Crippen LogP contribution in [0, 0.1) is 6.92 Å². The van der Waals surface area contributed by atoms with Crippen molar-refractivity contribution in [3.8, 4) is 0 Å². The number of hydrogen-bond donors (Lipinski definition) is 2. The van der Waals surface area contributed by atoms with Crippen molar-refractivity contribution in [3.05, 3.63) is 48.4 Å². The molecule has 1 saturated heterocycles. The zero-order valence-corrected chi connectivity index (χ0v) is 15.5. The average molecular weight is 364 g/mol. The van der Waals surface area contributed by atoms with Crippen LogP contribution in [0.4, 0.5) is 17.3 Å². The second-order valence-electron chi connectivity index (χ2n) is 6.68. The van der Waals surface area contributed by atoms with Gasteiger partial charge in [0, 0.05) is 37.3 Å². The third kappa shape index (κ3) is 4.50. The highest BCUT2D eigenvalue weighted by Crippen LogP contribution is 2.24. The molecule has 7 nitrogen and oxygen atoms in total. The molecule has 4 rings (SSSR count). The van der Waals surface area contributed by atoms with Gasteiger partial charge in [-0.2, -0.15) is 0 Å². The van der Waals surface area contributed by atoms with Gasteiger partial charge in [0.05, 0.1) is 24.9 Å². The molecular weight excluding hydrogens is 340 g/mol. The van der Waals surface area contributed by atoms with Crippen molar-refractivity contribution in [1.29, 1.82) is 0 Å². The lowest BCUT2D eigenvalue weighted by atomic mass is 10.2. The lowest BCUT2D eigenvalue weighted by molar-refractivity contribution is 0.0398. The van der Waals surface area contributed by atoms with Gasteiger partial charge in [0.25, 0.3) is 0 Å². The van der Waals surface area contributed by atoms with Crippen LogP contribution in [0.2, 0.25) is 0 Å². The lowest BCUT2D eigenvalue weighted by Crippen LogP contribution is -2.39. The van der Waals surface area contributed by atoms with Crippen molar-refractivity contribution >= 4 is 28.2 Å². The van der Waals surface area contributed by atoms with Gasteiger partial charge in [-0.3, -0.25) is 4.90 Å². The van der Waals surface area contributed by atoms with Crippen molar-refractivity contribution in [3.63, 3.8) is 0 Å². The molecular formula is C20H24N6O. The first-order valence-electron chi connectivity index (χ1n) is 9.26. The number of aryl methyl sites for hydroxylation is 1. The molecule has 1 aliphatic heterocycles. The number of hydrogen-bond acceptors (Lipinski definition) is 7. The number of nitrogens with one attached hydrogen (secondary N) is 2. The van der Waals surface area contributed by atoms with Crippen LogP contribution in [0.25, 0.3) is 10.9 Å². The van der Waals surface area contributed by atoms with E-state index in [1.807, 2.05) is 18.2 Å². The minimum absolute atomic E-state index is 0.782. The summed E-state index contributed by atoms with van der Waals surface area (Å²) < 4.78 is 5.39. The third-order valence-corrected chi connectivity index (χ3v) is 4.64.